The van der Waals surface area contributed by atoms with Crippen molar-refractivity contribution in [2.75, 3.05) is 6.54 Å². The van der Waals surface area contributed by atoms with Crippen LogP contribution in [0.3, 0.4) is 0 Å². The van der Waals surface area contributed by atoms with Crippen molar-refractivity contribution in [2.45, 2.75) is 31.8 Å². The molecule has 1 aliphatic rings. The quantitative estimate of drug-likeness (QED) is 0.813. The van der Waals surface area contributed by atoms with E-state index in [1.165, 1.54) is 0 Å². The molecule has 1 saturated carbocycles. The SMILES string of the molecule is O=C(Cc1cccnc1)NCC1CCC(O)C1. The Kier molecular flexibility index (Phi) is 4.09. The van der Waals surface area contributed by atoms with Crippen LogP contribution in [0.25, 0.3) is 0 Å². The van der Waals surface area contributed by atoms with Crippen LogP contribution in [0.15, 0.2) is 24.5 Å². The molecule has 2 unspecified atom stereocenters. The Morgan fingerprint density at radius 1 is 1.53 bits per heavy atom. The van der Waals surface area contributed by atoms with Crippen LogP contribution in [0, 0.1) is 5.92 Å². The number of hydrogen-bond acceptors (Lipinski definition) is 3. The maximum absolute atomic E-state index is 11.6. The highest BCUT2D eigenvalue weighted by Gasteiger charge is 2.22. The zero-order chi connectivity index (χ0) is 12.1. The van der Waals surface area contributed by atoms with Gasteiger partial charge < -0.3 is 10.4 Å². The molecule has 92 valence electrons. The predicted molar refractivity (Wildman–Crippen MR) is 64.3 cm³/mol. The van der Waals surface area contributed by atoms with E-state index in [1.54, 1.807) is 12.4 Å². The predicted octanol–water partition coefficient (Wildman–Crippen LogP) is 0.901. The molecular weight excluding hydrogens is 216 g/mol. The van der Waals surface area contributed by atoms with Gasteiger partial charge in [-0.3, -0.25) is 9.78 Å². The molecule has 0 radical (unpaired) electrons. The molecule has 2 rings (SSSR count). The smallest absolute Gasteiger partial charge is 0.224 e. The van der Waals surface area contributed by atoms with Gasteiger partial charge in [-0.1, -0.05) is 6.07 Å². The Hall–Kier alpha value is -1.42. The second-order valence-electron chi connectivity index (χ2n) is 4.68. The third-order valence-corrected chi connectivity index (χ3v) is 3.19. The molecule has 1 fully saturated rings. The highest BCUT2D eigenvalue weighted by molar-refractivity contribution is 5.78. The van der Waals surface area contributed by atoms with Gasteiger partial charge in [0.2, 0.25) is 5.91 Å². The van der Waals surface area contributed by atoms with E-state index in [0.29, 0.717) is 18.9 Å². The second-order valence-corrected chi connectivity index (χ2v) is 4.68. The van der Waals surface area contributed by atoms with Crippen LogP contribution in [-0.2, 0) is 11.2 Å². The molecule has 0 aromatic carbocycles. The first-order valence-electron chi connectivity index (χ1n) is 6.07. The molecule has 17 heavy (non-hydrogen) atoms. The first-order chi connectivity index (χ1) is 8.24. The van der Waals surface area contributed by atoms with Crippen LogP contribution < -0.4 is 5.32 Å². The number of aliphatic hydroxyl groups is 1. The van der Waals surface area contributed by atoms with Gasteiger partial charge in [0.25, 0.3) is 0 Å². The van der Waals surface area contributed by atoms with Crippen molar-refractivity contribution < 1.29 is 9.90 Å². The molecule has 1 aromatic rings. The number of amides is 1. The number of pyridine rings is 1. The molecule has 0 aliphatic heterocycles. The molecule has 4 heteroatoms. The lowest BCUT2D eigenvalue weighted by atomic mass is 10.1. The third kappa shape index (κ3) is 3.82. The van der Waals surface area contributed by atoms with Crippen molar-refractivity contribution in [1.82, 2.24) is 10.3 Å². The molecule has 1 heterocycles. The van der Waals surface area contributed by atoms with E-state index in [9.17, 15) is 9.90 Å². The lowest BCUT2D eigenvalue weighted by Crippen LogP contribution is -2.29. The van der Waals surface area contributed by atoms with Crippen LogP contribution in [0.4, 0.5) is 0 Å². The molecule has 0 saturated heterocycles. The molecule has 1 aliphatic carbocycles. The van der Waals surface area contributed by atoms with E-state index in [-0.39, 0.29) is 12.0 Å². The Balaban J connectivity index is 1.71. The van der Waals surface area contributed by atoms with Crippen molar-refractivity contribution in [3.63, 3.8) is 0 Å². The van der Waals surface area contributed by atoms with Crippen molar-refractivity contribution in [2.24, 2.45) is 5.92 Å². The molecule has 2 atom stereocenters. The Morgan fingerprint density at radius 2 is 2.41 bits per heavy atom. The summed E-state index contributed by atoms with van der Waals surface area (Å²) in [5, 5.41) is 12.3. The molecular formula is C13H18N2O2. The molecule has 1 aromatic heterocycles. The van der Waals surface area contributed by atoms with Crippen LogP contribution >= 0.6 is 0 Å². The maximum Gasteiger partial charge on any atom is 0.224 e. The van der Waals surface area contributed by atoms with E-state index in [4.69, 9.17) is 0 Å². The summed E-state index contributed by atoms with van der Waals surface area (Å²) >= 11 is 0. The van der Waals surface area contributed by atoms with Crippen LogP contribution in [0.5, 0.6) is 0 Å². The van der Waals surface area contributed by atoms with Crippen molar-refractivity contribution in [3.8, 4) is 0 Å². The van der Waals surface area contributed by atoms with Gasteiger partial charge in [0, 0.05) is 18.9 Å². The number of carbonyl (C=O) groups is 1. The van der Waals surface area contributed by atoms with Crippen LogP contribution in [0.1, 0.15) is 24.8 Å². The van der Waals surface area contributed by atoms with Gasteiger partial charge in [0.1, 0.15) is 0 Å². The highest BCUT2D eigenvalue weighted by Crippen LogP contribution is 2.24. The van der Waals surface area contributed by atoms with Crippen LogP contribution in [-0.4, -0.2) is 28.6 Å². The third-order valence-electron chi connectivity index (χ3n) is 3.19. The Morgan fingerprint density at radius 3 is 3.06 bits per heavy atom. The first-order valence-corrected chi connectivity index (χ1v) is 6.07. The van der Waals surface area contributed by atoms with E-state index < -0.39 is 0 Å². The van der Waals surface area contributed by atoms with Gasteiger partial charge in [0.15, 0.2) is 0 Å². The summed E-state index contributed by atoms with van der Waals surface area (Å²) in [5.41, 5.74) is 0.927. The summed E-state index contributed by atoms with van der Waals surface area (Å²) in [4.78, 5) is 15.6. The van der Waals surface area contributed by atoms with Gasteiger partial charge in [-0.15, -0.1) is 0 Å². The zero-order valence-electron chi connectivity index (χ0n) is 9.80. The van der Waals surface area contributed by atoms with Crippen LogP contribution in [0.2, 0.25) is 0 Å². The molecule has 2 N–H and O–H groups in total. The van der Waals surface area contributed by atoms with Gasteiger partial charge in [-0.2, -0.15) is 0 Å². The topological polar surface area (TPSA) is 62.2 Å². The van der Waals surface area contributed by atoms with Gasteiger partial charge >= 0.3 is 0 Å². The average Bonchev–Trinajstić information content (AvgIpc) is 2.74. The molecule has 0 bridgehead atoms. The maximum atomic E-state index is 11.6. The number of aromatic nitrogens is 1. The minimum absolute atomic E-state index is 0.0272. The number of nitrogens with one attached hydrogen (secondary N) is 1. The normalized spacial score (nSPS) is 23.6. The summed E-state index contributed by atoms with van der Waals surface area (Å²) in [6, 6.07) is 3.72. The summed E-state index contributed by atoms with van der Waals surface area (Å²) < 4.78 is 0. The van der Waals surface area contributed by atoms with E-state index in [2.05, 4.69) is 10.3 Å². The first kappa shape index (κ1) is 12.0. The number of aliphatic hydroxyl groups excluding tert-OH is 1. The summed E-state index contributed by atoms with van der Waals surface area (Å²) in [7, 11) is 0. The van der Waals surface area contributed by atoms with E-state index in [1.807, 2.05) is 12.1 Å². The monoisotopic (exact) mass is 234 g/mol. The zero-order valence-corrected chi connectivity index (χ0v) is 9.80. The largest absolute Gasteiger partial charge is 0.393 e. The minimum Gasteiger partial charge on any atom is -0.393 e. The minimum atomic E-state index is -0.171. The molecule has 0 spiro atoms. The number of carbonyl (C=O) groups excluding carboxylic acids is 1. The number of rotatable bonds is 4. The Labute approximate surface area is 101 Å². The lowest BCUT2D eigenvalue weighted by molar-refractivity contribution is -0.120. The Bertz CT molecular complexity index is 367. The number of nitrogens with zero attached hydrogens (tertiary/aromatic N) is 1. The highest BCUT2D eigenvalue weighted by atomic mass is 16.3. The summed E-state index contributed by atoms with van der Waals surface area (Å²) in [5.74, 6) is 0.460. The van der Waals surface area contributed by atoms with Gasteiger partial charge in [0.05, 0.1) is 12.5 Å². The summed E-state index contributed by atoms with van der Waals surface area (Å²) in [6.45, 7) is 0.677. The standard InChI is InChI=1S/C13H18N2O2/c16-12-4-3-11(6-12)9-15-13(17)7-10-2-1-5-14-8-10/h1-2,5,8,11-12,16H,3-4,6-7,9H2,(H,15,17). The fourth-order valence-electron chi connectivity index (χ4n) is 2.24. The molecule has 1 amide bonds. The van der Waals surface area contributed by atoms with Gasteiger partial charge in [-0.25, -0.2) is 0 Å². The van der Waals surface area contributed by atoms with Crippen molar-refractivity contribution in [3.05, 3.63) is 30.1 Å². The fraction of sp³-hybridized carbons (Fsp3) is 0.538. The lowest BCUT2D eigenvalue weighted by Gasteiger charge is -2.10. The fourth-order valence-corrected chi connectivity index (χ4v) is 2.24. The van der Waals surface area contributed by atoms with Gasteiger partial charge in [-0.05, 0) is 36.8 Å². The van der Waals surface area contributed by atoms with Crippen molar-refractivity contribution in [1.29, 1.82) is 0 Å². The molecule has 4 nitrogen and oxygen atoms in total. The average molecular weight is 234 g/mol. The van der Waals surface area contributed by atoms with Crippen molar-refractivity contribution >= 4 is 5.91 Å². The summed E-state index contributed by atoms with van der Waals surface area (Å²) in [6.07, 6.45) is 6.30. The van der Waals surface area contributed by atoms with E-state index in [0.717, 1.165) is 24.8 Å². The second kappa shape index (κ2) is 5.77. The van der Waals surface area contributed by atoms with E-state index >= 15 is 0 Å². The number of hydrogen-bond donors (Lipinski definition) is 2.